The summed E-state index contributed by atoms with van der Waals surface area (Å²) in [5, 5.41) is 0. The Hall–Kier alpha value is -1.39. The molecule has 0 bridgehead atoms. The van der Waals surface area contributed by atoms with Gasteiger partial charge in [-0.05, 0) is 17.7 Å². The van der Waals surface area contributed by atoms with Crippen molar-refractivity contribution in [1.82, 2.24) is 0 Å². The molecule has 0 saturated heterocycles. The van der Waals surface area contributed by atoms with E-state index < -0.39 is 13.3 Å². The average Bonchev–Trinajstić information content (AvgIpc) is 2.08. The lowest BCUT2D eigenvalue weighted by Crippen LogP contribution is -2.04. The minimum Gasteiger partial charge on any atom is -0.433 e. The zero-order valence-corrected chi connectivity index (χ0v) is 6.64. The van der Waals surface area contributed by atoms with Crippen LogP contribution in [-0.2, 0) is 6.67 Å². The SMILES string of the molecule is Nc1cc(CF)ccc1OC(F)F. The highest BCUT2D eigenvalue weighted by Gasteiger charge is 2.07. The maximum Gasteiger partial charge on any atom is 0.387 e. The summed E-state index contributed by atoms with van der Waals surface area (Å²) in [6, 6.07) is 3.82. The van der Waals surface area contributed by atoms with Crippen LogP contribution < -0.4 is 10.5 Å². The summed E-state index contributed by atoms with van der Waals surface area (Å²) >= 11 is 0. The number of ether oxygens (including phenoxy) is 1. The predicted molar refractivity (Wildman–Crippen MR) is 42.3 cm³/mol. The van der Waals surface area contributed by atoms with Gasteiger partial charge >= 0.3 is 6.61 Å². The molecule has 0 amide bonds. The second-order valence-corrected chi connectivity index (χ2v) is 2.38. The van der Waals surface area contributed by atoms with Crippen molar-refractivity contribution in [2.75, 3.05) is 5.73 Å². The monoisotopic (exact) mass is 191 g/mol. The maximum absolute atomic E-state index is 12.1. The van der Waals surface area contributed by atoms with Gasteiger partial charge in [0.05, 0.1) is 5.69 Å². The molecule has 0 fully saturated rings. The molecule has 0 unspecified atom stereocenters. The van der Waals surface area contributed by atoms with Gasteiger partial charge in [0.25, 0.3) is 0 Å². The standard InChI is InChI=1S/C8H8F3NO/c9-4-5-1-2-7(6(12)3-5)13-8(10)11/h1-3,8H,4,12H2. The first-order valence-electron chi connectivity index (χ1n) is 3.52. The zero-order valence-electron chi connectivity index (χ0n) is 6.64. The van der Waals surface area contributed by atoms with E-state index in [0.717, 1.165) is 0 Å². The number of rotatable bonds is 3. The molecule has 72 valence electrons. The van der Waals surface area contributed by atoms with E-state index in [-0.39, 0.29) is 11.4 Å². The van der Waals surface area contributed by atoms with Gasteiger partial charge in [0.1, 0.15) is 12.4 Å². The Morgan fingerprint density at radius 3 is 2.54 bits per heavy atom. The Morgan fingerprint density at radius 2 is 2.08 bits per heavy atom. The van der Waals surface area contributed by atoms with Crippen LogP contribution in [0.2, 0.25) is 0 Å². The van der Waals surface area contributed by atoms with Crippen LogP contribution in [0.4, 0.5) is 18.9 Å². The molecule has 0 spiro atoms. The first-order chi connectivity index (χ1) is 6.13. The summed E-state index contributed by atoms with van der Waals surface area (Å²) in [4.78, 5) is 0. The number of halogens is 3. The summed E-state index contributed by atoms with van der Waals surface area (Å²) in [5.74, 6) is -0.132. The smallest absolute Gasteiger partial charge is 0.387 e. The summed E-state index contributed by atoms with van der Waals surface area (Å²) < 4.78 is 39.6. The third-order valence-corrected chi connectivity index (χ3v) is 1.44. The molecule has 2 nitrogen and oxygen atoms in total. The molecule has 0 aromatic heterocycles. The van der Waals surface area contributed by atoms with Crippen molar-refractivity contribution in [2.45, 2.75) is 13.3 Å². The summed E-state index contributed by atoms with van der Waals surface area (Å²) in [6.07, 6.45) is 0. The quantitative estimate of drug-likeness (QED) is 0.744. The van der Waals surface area contributed by atoms with Crippen LogP contribution in [0.3, 0.4) is 0 Å². The Balaban J connectivity index is 2.85. The van der Waals surface area contributed by atoms with E-state index in [1.165, 1.54) is 18.2 Å². The lowest BCUT2D eigenvalue weighted by Gasteiger charge is -2.07. The van der Waals surface area contributed by atoms with Crippen molar-refractivity contribution in [3.05, 3.63) is 23.8 Å². The molecule has 0 aliphatic rings. The van der Waals surface area contributed by atoms with Crippen molar-refractivity contribution >= 4 is 5.69 Å². The topological polar surface area (TPSA) is 35.2 Å². The van der Waals surface area contributed by atoms with E-state index in [0.29, 0.717) is 5.56 Å². The molecule has 0 aliphatic heterocycles. The fourth-order valence-corrected chi connectivity index (χ4v) is 0.884. The number of nitrogens with two attached hydrogens (primary N) is 1. The van der Waals surface area contributed by atoms with Gasteiger partial charge in [0.2, 0.25) is 0 Å². The van der Waals surface area contributed by atoms with Crippen LogP contribution in [0.15, 0.2) is 18.2 Å². The van der Waals surface area contributed by atoms with Gasteiger partial charge in [-0.25, -0.2) is 4.39 Å². The molecule has 1 aromatic carbocycles. The summed E-state index contributed by atoms with van der Waals surface area (Å²) in [6.45, 7) is -3.60. The number of alkyl halides is 3. The van der Waals surface area contributed by atoms with E-state index in [4.69, 9.17) is 5.73 Å². The molecule has 5 heteroatoms. The number of benzene rings is 1. The fourth-order valence-electron chi connectivity index (χ4n) is 0.884. The van der Waals surface area contributed by atoms with Crippen LogP contribution >= 0.6 is 0 Å². The van der Waals surface area contributed by atoms with E-state index >= 15 is 0 Å². The molecule has 0 aliphatic carbocycles. The lowest BCUT2D eigenvalue weighted by atomic mass is 10.2. The highest BCUT2D eigenvalue weighted by molar-refractivity contribution is 5.54. The molecular weight excluding hydrogens is 183 g/mol. The highest BCUT2D eigenvalue weighted by Crippen LogP contribution is 2.24. The van der Waals surface area contributed by atoms with Crippen LogP contribution in [0, 0.1) is 0 Å². The first-order valence-corrected chi connectivity index (χ1v) is 3.52. The number of anilines is 1. The van der Waals surface area contributed by atoms with Crippen molar-refractivity contribution in [1.29, 1.82) is 0 Å². The molecule has 0 radical (unpaired) electrons. The van der Waals surface area contributed by atoms with Crippen LogP contribution in [-0.4, -0.2) is 6.61 Å². The second kappa shape index (κ2) is 4.02. The van der Waals surface area contributed by atoms with Gasteiger partial charge < -0.3 is 10.5 Å². The lowest BCUT2D eigenvalue weighted by molar-refractivity contribution is -0.0493. The zero-order chi connectivity index (χ0) is 9.84. The Kier molecular flexibility index (Phi) is 3.00. The van der Waals surface area contributed by atoms with E-state index in [9.17, 15) is 13.2 Å². The molecule has 1 rings (SSSR count). The molecule has 0 atom stereocenters. The number of hydrogen-bond donors (Lipinski definition) is 1. The average molecular weight is 191 g/mol. The van der Waals surface area contributed by atoms with Gasteiger partial charge in [0, 0.05) is 0 Å². The van der Waals surface area contributed by atoms with Crippen molar-refractivity contribution in [3.63, 3.8) is 0 Å². The number of nitrogen functional groups attached to an aromatic ring is 1. The second-order valence-electron chi connectivity index (χ2n) is 2.38. The molecule has 0 saturated carbocycles. The molecule has 13 heavy (non-hydrogen) atoms. The minimum absolute atomic E-state index is 0.00968. The predicted octanol–water partition coefficient (Wildman–Crippen LogP) is 2.34. The van der Waals surface area contributed by atoms with Crippen LogP contribution in [0.25, 0.3) is 0 Å². The van der Waals surface area contributed by atoms with E-state index in [1.807, 2.05) is 0 Å². The molecule has 0 heterocycles. The largest absolute Gasteiger partial charge is 0.433 e. The molecule has 2 N–H and O–H groups in total. The van der Waals surface area contributed by atoms with Crippen molar-refractivity contribution in [3.8, 4) is 5.75 Å². The first kappa shape index (κ1) is 9.70. The highest BCUT2D eigenvalue weighted by atomic mass is 19.3. The van der Waals surface area contributed by atoms with Gasteiger partial charge in [-0.2, -0.15) is 8.78 Å². The molecule has 1 aromatic rings. The summed E-state index contributed by atoms with van der Waals surface area (Å²) in [7, 11) is 0. The normalized spacial score (nSPS) is 10.5. The molecular formula is C8H8F3NO. The van der Waals surface area contributed by atoms with Crippen LogP contribution in [0.1, 0.15) is 5.56 Å². The van der Waals surface area contributed by atoms with E-state index in [2.05, 4.69) is 4.74 Å². The van der Waals surface area contributed by atoms with E-state index in [1.54, 1.807) is 0 Å². The Bertz CT molecular complexity index is 291. The maximum atomic E-state index is 12.1. The third kappa shape index (κ3) is 2.54. The van der Waals surface area contributed by atoms with Gasteiger partial charge in [-0.1, -0.05) is 6.07 Å². The Morgan fingerprint density at radius 1 is 1.38 bits per heavy atom. The van der Waals surface area contributed by atoms with Crippen molar-refractivity contribution < 1.29 is 17.9 Å². The number of hydrogen-bond acceptors (Lipinski definition) is 2. The fraction of sp³-hybridized carbons (Fsp3) is 0.250. The van der Waals surface area contributed by atoms with Crippen molar-refractivity contribution in [2.24, 2.45) is 0 Å². The Labute approximate surface area is 73.1 Å². The van der Waals surface area contributed by atoms with Gasteiger partial charge in [-0.3, -0.25) is 0 Å². The summed E-state index contributed by atoms with van der Waals surface area (Å²) in [5.41, 5.74) is 5.66. The van der Waals surface area contributed by atoms with Gasteiger partial charge in [0.15, 0.2) is 0 Å². The van der Waals surface area contributed by atoms with Gasteiger partial charge in [-0.15, -0.1) is 0 Å². The van der Waals surface area contributed by atoms with Crippen LogP contribution in [0.5, 0.6) is 5.75 Å². The third-order valence-electron chi connectivity index (χ3n) is 1.44. The minimum atomic E-state index is -2.92.